The number of hydrogen-bond donors (Lipinski definition) is 2. The van der Waals surface area contributed by atoms with Crippen LogP contribution in [0.4, 0.5) is 11.5 Å². The van der Waals surface area contributed by atoms with Gasteiger partial charge in [0.1, 0.15) is 12.1 Å². The van der Waals surface area contributed by atoms with E-state index in [0.29, 0.717) is 12.1 Å². The van der Waals surface area contributed by atoms with Crippen molar-refractivity contribution in [1.82, 2.24) is 14.9 Å². The van der Waals surface area contributed by atoms with E-state index in [1.54, 1.807) is 29.8 Å². The number of benzene rings is 2. The van der Waals surface area contributed by atoms with Gasteiger partial charge in [-0.3, -0.25) is 4.90 Å². The molecule has 7 heteroatoms. The third-order valence-electron chi connectivity index (χ3n) is 6.40. The van der Waals surface area contributed by atoms with E-state index in [4.69, 9.17) is 0 Å². The number of phenolic OH excluding ortho intramolecular Hbond substituents is 1. The van der Waals surface area contributed by atoms with Crippen molar-refractivity contribution < 1.29 is 5.11 Å². The second kappa shape index (κ2) is 10.1. The van der Waals surface area contributed by atoms with Crippen molar-refractivity contribution in [1.29, 1.82) is 0 Å². The molecule has 4 aromatic rings. The van der Waals surface area contributed by atoms with Gasteiger partial charge in [-0.2, -0.15) is 0 Å². The minimum atomic E-state index is 0. The number of rotatable bonds is 5. The number of aromatic hydroxyl groups is 1. The van der Waals surface area contributed by atoms with E-state index in [9.17, 15) is 5.11 Å². The van der Waals surface area contributed by atoms with Gasteiger partial charge in [-0.05, 0) is 56.0 Å². The molecule has 1 aliphatic heterocycles. The van der Waals surface area contributed by atoms with Crippen LogP contribution in [-0.2, 0) is 6.54 Å². The van der Waals surface area contributed by atoms with E-state index < -0.39 is 0 Å². The Morgan fingerprint density at radius 1 is 1.03 bits per heavy atom. The van der Waals surface area contributed by atoms with Crippen molar-refractivity contribution in [2.45, 2.75) is 51.7 Å². The van der Waals surface area contributed by atoms with Crippen molar-refractivity contribution >= 4 is 45.5 Å². The number of thiophene rings is 1. The zero-order valence-corrected chi connectivity index (χ0v) is 20.5. The Hall–Kier alpha value is -2.67. The molecule has 0 saturated carbocycles. The predicted molar refractivity (Wildman–Crippen MR) is 140 cm³/mol. The van der Waals surface area contributed by atoms with Crippen LogP contribution in [0.3, 0.4) is 0 Å². The Labute approximate surface area is 204 Å². The molecule has 0 unspecified atom stereocenters. The molecule has 0 aliphatic carbocycles. The number of halogens is 1. The highest BCUT2D eigenvalue weighted by Gasteiger charge is 2.24. The molecule has 0 bridgehead atoms. The topological polar surface area (TPSA) is 61.3 Å². The maximum absolute atomic E-state index is 9.74. The van der Waals surface area contributed by atoms with Crippen molar-refractivity contribution in [3.05, 3.63) is 66.5 Å². The molecule has 3 heterocycles. The number of nitrogens with zero attached hydrogens (tertiary/aromatic N) is 3. The van der Waals surface area contributed by atoms with E-state index in [0.717, 1.165) is 28.3 Å². The summed E-state index contributed by atoms with van der Waals surface area (Å²) in [4.78, 5) is 12.7. The summed E-state index contributed by atoms with van der Waals surface area (Å²) in [6.07, 6.45) is 5.51. The van der Waals surface area contributed by atoms with Crippen LogP contribution < -0.4 is 5.32 Å². The van der Waals surface area contributed by atoms with Gasteiger partial charge < -0.3 is 10.4 Å². The Morgan fingerprint density at radius 2 is 1.79 bits per heavy atom. The summed E-state index contributed by atoms with van der Waals surface area (Å²) < 4.78 is 1.01. The van der Waals surface area contributed by atoms with Gasteiger partial charge in [0, 0.05) is 35.3 Å². The van der Waals surface area contributed by atoms with Crippen LogP contribution in [0, 0.1) is 0 Å². The zero-order valence-electron chi connectivity index (χ0n) is 18.9. The third-order valence-corrected chi connectivity index (χ3v) is 7.58. The second-order valence-corrected chi connectivity index (χ2v) is 9.77. The minimum Gasteiger partial charge on any atom is -0.508 e. The summed E-state index contributed by atoms with van der Waals surface area (Å²) in [6.45, 7) is 5.72. The van der Waals surface area contributed by atoms with Gasteiger partial charge in [0.2, 0.25) is 0 Å². The standard InChI is InChI=1S/C26H28N4OS.ClH/c1-17-5-3-6-18(2)30(17)15-19-9-11-20(12-10-19)24-14-23-25(32-24)26(28-16-27-23)29-21-7-4-8-22(31)13-21;/h4,7-14,16-18,31H,3,5-6,15H2,1-2H3,(H,27,28,29);1H/t17-,18+;. The van der Waals surface area contributed by atoms with Gasteiger partial charge in [0.15, 0.2) is 5.82 Å². The zero-order chi connectivity index (χ0) is 22.1. The number of hydrogen-bond acceptors (Lipinski definition) is 6. The summed E-state index contributed by atoms with van der Waals surface area (Å²) in [5.41, 5.74) is 4.27. The molecule has 0 spiro atoms. The molecular weight excluding hydrogens is 452 g/mol. The van der Waals surface area contributed by atoms with E-state index in [1.807, 2.05) is 12.1 Å². The first-order valence-corrected chi connectivity index (χ1v) is 12.0. The Balaban J connectivity index is 0.00000259. The number of anilines is 2. The van der Waals surface area contributed by atoms with Gasteiger partial charge in [0.05, 0.1) is 10.2 Å². The molecule has 1 aliphatic rings. The Kier molecular flexibility index (Phi) is 7.17. The molecule has 2 aromatic carbocycles. The maximum atomic E-state index is 9.74. The van der Waals surface area contributed by atoms with Gasteiger partial charge >= 0.3 is 0 Å². The number of likely N-dealkylation sites (tertiary alicyclic amines) is 1. The van der Waals surface area contributed by atoms with Crippen LogP contribution >= 0.6 is 23.7 Å². The van der Waals surface area contributed by atoms with Crippen molar-refractivity contribution in [2.75, 3.05) is 5.32 Å². The summed E-state index contributed by atoms with van der Waals surface area (Å²) >= 11 is 1.68. The summed E-state index contributed by atoms with van der Waals surface area (Å²) in [7, 11) is 0. The number of fused-ring (bicyclic) bond motifs is 1. The van der Waals surface area contributed by atoms with Crippen LogP contribution in [0.1, 0.15) is 38.7 Å². The fourth-order valence-electron chi connectivity index (χ4n) is 4.58. The van der Waals surface area contributed by atoms with Crippen molar-refractivity contribution in [3.63, 3.8) is 0 Å². The fraction of sp³-hybridized carbons (Fsp3) is 0.308. The molecular formula is C26H29ClN4OS. The SMILES string of the molecule is C[C@@H]1CCC[C@H](C)N1Cc1ccc(-c2cc3ncnc(Nc4cccc(O)c4)c3s2)cc1.Cl. The summed E-state index contributed by atoms with van der Waals surface area (Å²) in [5, 5.41) is 13.0. The predicted octanol–water partition coefficient (Wildman–Crippen LogP) is 6.99. The second-order valence-electron chi connectivity index (χ2n) is 8.72. The highest BCUT2D eigenvalue weighted by Crippen LogP contribution is 2.37. The summed E-state index contributed by atoms with van der Waals surface area (Å²) in [5.74, 6) is 0.974. The van der Waals surface area contributed by atoms with Crippen molar-refractivity contribution in [3.8, 4) is 16.2 Å². The van der Waals surface area contributed by atoms with E-state index in [1.165, 1.54) is 35.3 Å². The minimum absolute atomic E-state index is 0. The number of phenols is 1. The largest absolute Gasteiger partial charge is 0.508 e. The lowest BCUT2D eigenvalue weighted by Crippen LogP contribution is -2.42. The molecule has 2 N–H and O–H groups in total. The first-order valence-electron chi connectivity index (χ1n) is 11.2. The first kappa shape index (κ1) is 23.5. The Morgan fingerprint density at radius 3 is 2.52 bits per heavy atom. The highest BCUT2D eigenvalue weighted by molar-refractivity contribution is 7.22. The normalized spacial score (nSPS) is 18.7. The monoisotopic (exact) mass is 480 g/mol. The Bertz CT molecular complexity index is 1220. The lowest BCUT2D eigenvalue weighted by Gasteiger charge is -2.39. The molecule has 0 radical (unpaired) electrons. The van der Waals surface area contributed by atoms with Crippen LogP contribution in [0.25, 0.3) is 20.7 Å². The van der Waals surface area contributed by atoms with Gasteiger partial charge in [0.25, 0.3) is 0 Å². The average molecular weight is 481 g/mol. The average Bonchev–Trinajstić information content (AvgIpc) is 3.22. The molecule has 1 saturated heterocycles. The van der Waals surface area contributed by atoms with Crippen LogP contribution in [-0.4, -0.2) is 32.1 Å². The molecule has 2 atom stereocenters. The van der Waals surface area contributed by atoms with Crippen molar-refractivity contribution in [2.24, 2.45) is 0 Å². The van der Waals surface area contributed by atoms with E-state index in [-0.39, 0.29) is 18.2 Å². The van der Waals surface area contributed by atoms with E-state index >= 15 is 0 Å². The van der Waals surface area contributed by atoms with Gasteiger partial charge in [-0.25, -0.2) is 9.97 Å². The van der Waals surface area contributed by atoms with Crippen LogP contribution in [0.2, 0.25) is 0 Å². The molecule has 5 rings (SSSR count). The first-order chi connectivity index (χ1) is 15.6. The van der Waals surface area contributed by atoms with Crippen LogP contribution in [0.15, 0.2) is 60.9 Å². The van der Waals surface area contributed by atoms with Gasteiger partial charge in [-0.15, -0.1) is 23.7 Å². The molecule has 33 heavy (non-hydrogen) atoms. The molecule has 1 fully saturated rings. The van der Waals surface area contributed by atoms with Crippen LogP contribution in [0.5, 0.6) is 5.75 Å². The number of aromatic nitrogens is 2. The smallest absolute Gasteiger partial charge is 0.151 e. The number of nitrogens with one attached hydrogen (secondary N) is 1. The van der Waals surface area contributed by atoms with Gasteiger partial charge in [-0.1, -0.05) is 36.8 Å². The third kappa shape index (κ3) is 5.13. The lowest BCUT2D eigenvalue weighted by molar-refractivity contribution is 0.0953. The lowest BCUT2D eigenvalue weighted by atomic mass is 9.96. The quantitative estimate of drug-likeness (QED) is 0.322. The van der Waals surface area contributed by atoms with E-state index in [2.05, 4.69) is 64.4 Å². The molecule has 172 valence electrons. The molecule has 2 aromatic heterocycles. The molecule has 0 amide bonds. The fourth-order valence-corrected chi connectivity index (χ4v) is 5.64. The molecule has 5 nitrogen and oxygen atoms in total. The highest BCUT2D eigenvalue weighted by atomic mass is 35.5. The number of piperidine rings is 1. The summed E-state index contributed by atoms with van der Waals surface area (Å²) in [6, 6.07) is 19.4. The maximum Gasteiger partial charge on any atom is 0.151 e.